The highest BCUT2D eigenvalue weighted by Crippen LogP contribution is 2.18. The summed E-state index contributed by atoms with van der Waals surface area (Å²) in [7, 11) is 0. The Morgan fingerprint density at radius 3 is 2.89 bits per heavy atom. The zero-order chi connectivity index (χ0) is 13.8. The number of rotatable bonds is 4. The number of piperazine rings is 1. The Kier molecular flexibility index (Phi) is 5.37. The highest BCUT2D eigenvalue weighted by molar-refractivity contribution is 9.10. The van der Waals surface area contributed by atoms with Crippen LogP contribution in [0.3, 0.4) is 0 Å². The topological polar surface area (TPSA) is 28.2 Å². The molecule has 0 bridgehead atoms. The minimum absolute atomic E-state index is 0.568. The van der Waals surface area contributed by atoms with Gasteiger partial charge in [-0.25, -0.2) is 0 Å². The number of pyridine rings is 1. The Bertz CT molecular complexity index is 391. The molecule has 1 aliphatic rings. The molecule has 0 aliphatic carbocycles. The molecular formula is C15H24BrN3. The molecule has 2 atom stereocenters. The second-order valence-electron chi connectivity index (χ2n) is 5.99. The van der Waals surface area contributed by atoms with Crippen molar-refractivity contribution in [1.82, 2.24) is 15.2 Å². The summed E-state index contributed by atoms with van der Waals surface area (Å²) in [5, 5.41) is 3.59. The van der Waals surface area contributed by atoms with E-state index >= 15 is 0 Å². The first-order chi connectivity index (χ1) is 9.04. The highest BCUT2D eigenvalue weighted by Gasteiger charge is 2.26. The fourth-order valence-corrected chi connectivity index (χ4v) is 2.94. The average Bonchev–Trinajstić information content (AvgIpc) is 2.35. The minimum Gasteiger partial charge on any atom is -0.311 e. The summed E-state index contributed by atoms with van der Waals surface area (Å²) in [4.78, 5) is 7.08. The third kappa shape index (κ3) is 4.55. The molecule has 1 saturated heterocycles. The van der Waals surface area contributed by atoms with Crippen LogP contribution in [0, 0.1) is 5.92 Å². The van der Waals surface area contributed by atoms with Crippen molar-refractivity contribution in [2.75, 3.05) is 13.1 Å². The van der Waals surface area contributed by atoms with Crippen LogP contribution >= 0.6 is 15.9 Å². The molecular weight excluding hydrogens is 302 g/mol. The number of hydrogen-bond donors (Lipinski definition) is 1. The third-order valence-electron chi connectivity index (χ3n) is 3.62. The lowest BCUT2D eigenvalue weighted by Gasteiger charge is -2.40. The molecule has 19 heavy (non-hydrogen) atoms. The van der Waals surface area contributed by atoms with Crippen LogP contribution in [0.25, 0.3) is 0 Å². The number of hydrogen-bond acceptors (Lipinski definition) is 3. The Hall–Kier alpha value is -0.450. The van der Waals surface area contributed by atoms with Crippen molar-refractivity contribution in [2.24, 2.45) is 5.92 Å². The fraction of sp³-hybridized carbons (Fsp3) is 0.667. The van der Waals surface area contributed by atoms with Gasteiger partial charge in [-0.2, -0.15) is 0 Å². The van der Waals surface area contributed by atoms with Crippen molar-refractivity contribution < 1.29 is 0 Å². The van der Waals surface area contributed by atoms with Crippen LogP contribution < -0.4 is 5.32 Å². The van der Waals surface area contributed by atoms with Crippen molar-refractivity contribution >= 4 is 15.9 Å². The molecule has 1 fully saturated rings. The highest BCUT2D eigenvalue weighted by atomic mass is 79.9. The van der Waals surface area contributed by atoms with Crippen LogP contribution in [0.5, 0.6) is 0 Å². The van der Waals surface area contributed by atoms with Gasteiger partial charge in [0.05, 0.1) is 5.69 Å². The molecule has 2 rings (SSSR count). The summed E-state index contributed by atoms with van der Waals surface area (Å²) < 4.78 is 1.05. The number of nitrogens with zero attached hydrogens (tertiary/aromatic N) is 2. The van der Waals surface area contributed by atoms with Gasteiger partial charge in [-0.1, -0.05) is 13.8 Å². The molecule has 106 valence electrons. The van der Waals surface area contributed by atoms with Gasteiger partial charge in [-0.05, 0) is 47.3 Å². The van der Waals surface area contributed by atoms with E-state index in [9.17, 15) is 0 Å². The lowest BCUT2D eigenvalue weighted by atomic mass is 9.99. The first kappa shape index (κ1) is 14.9. The second kappa shape index (κ2) is 6.82. The van der Waals surface area contributed by atoms with Gasteiger partial charge < -0.3 is 5.32 Å². The largest absolute Gasteiger partial charge is 0.311 e. The number of halogens is 1. The second-order valence-corrected chi connectivity index (χ2v) is 6.91. The molecule has 0 spiro atoms. The Labute approximate surface area is 124 Å². The van der Waals surface area contributed by atoms with Crippen molar-refractivity contribution in [3.63, 3.8) is 0 Å². The minimum atomic E-state index is 0.568. The van der Waals surface area contributed by atoms with E-state index in [1.807, 2.05) is 6.20 Å². The monoisotopic (exact) mass is 325 g/mol. The van der Waals surface area contributed by atoms with Crippen LogP contribution in [0.1, 0.15) is 32.9 Å². The maximum atomic E-state index is 4.50. The maximum Gasteiger partial charge on any atom is 0.0544 e. The molecule has 0 radical (unpaired) electrons. The van der Waals surface area contributed by atoms with E-state index in [1.54, 1.807) is 0 Å². The van der Waals surface area contributed by atoms with Crippen LogP contribution in [0.15, 0.2) is 22.8 Å². The van der Waals surface area contributed by atoms with Crippen molar-refractivity contribution in [3.05, 3.63) is 28.5 Å². The molecule has 4 heteroatoms. The van der Waals surface area contributed by atoms with Gasteiger partial charge in [-0.3, -0.25) is 9.88 Å². The fourth-order valence-electron chi connectivity index (χ4n) is 2.71. The summed E-state index contributed by atoms with van der Waals surface area (Å²) in [5.74, 6) is 0.737. The van der Waals surface area contributed by atoms with E-state index < -0.39 is 0 Å². The number of nitrogens with one attached hydrogen (secondary N) is 1. The van der Waals surface area contributed by atoms with Crippen molar-refractivity contribution in [3.8, 4) is 0 Å². The van der Waals surface area contributed by atoms with Crippen molar-refractivity contribution in [2.45, 2.75) is 45.8 Å². The van der Waals surface area contributed by atoms with Gasteiger partial charge >= 0.3 is 0 Å². The van der Waals surface area contributed by atoms with Crippen LogP contribution in [0.4, 0.5) is 0 Å². The SMILES string of the molecule is CC(C)CC1CNC(C)CN1Cc1ccc(Br)cn1. The average molecular weight is 326 g/mol. The quantitative estimate of drug-likeness (QED) is 0.922. The van der Waals surface area contributed by atoms with E-state index in [2.05, 4.69) is 64.0 Å². The molecule has 1 N–H and O–H groups in total. The summed E-state index contributed by atoms with van der Waals surface area (Å²) in [6, 6.07) is 5.38. The Morgan fingerprint density at radius 1 is 1.47 bits per heavy atom. The van der Waals surface area contributed by atoms with E-state index in [0.29, 0.717) is 12.1 Å². The van der Waals surface area contributed by atoms with E-state index in [0.717, 1.165) is 35.7 Å². The van der Waals surface area contributed by atoms with Crippen LogP contribution in [0.2, 0.25) is 0 Å². The normalized spacial score (nSPS) is 24.9. The lowest BCUT2D eigenvalue weighted by Crippen LogP contribution is -2.55. The van der Waals surface area contributed by atoms with E-state index in [-0.39, 0.29) is 0 Å². The third-order valence-corrected chi connectivity index (χ3v) is 4.09. The molecule has 1 aromatic heterocycles. The molecule has 2 heterocycles. The van der Waals surface area contributed by atoms with Crippen molar-refractivity contribution in [1.29, 1.82) is 0 Å². The standard InChI is InChI=1S/C15H24BrN3/c1-11(2)6-15-8-17-12(3)9-19(15)10-14-5-4-13(16)7-18-14/h4-5,7,11-12,15,17H,6,8-10H2,1-3H3. The van der Waals surface area contributed by atoms with Gasteiger partial charge in [0.2, 0.25) is 0 Å². The van der Waals surface area contributed by atoms with Gasteiger partial charge in [0.15, 0.2) is 0 Å². The Balaban J connectivity index is 2.02. The van der Waals surface area contributed by atoms with Gasteiger partial charge in [0, 0.05) is 42.4 Å². The maximum absolute atomic E-state index is 4.50. The predicted molar refractivity (Wildman–Crippen MR) is 83.1 cm³/mol. The van der Waals surface area contributed by atoms with E-state index in [1.165, 1.54) is 6.42 Å². The Morgan fingerprint density at radius 2 is 2.26 bits per heavy atom. The first-order valence-corrected chi connectivity index (χ1v) is 7.91. The van der Waals surface area contributed by atoms with Gasteiger partial charge in [0.1, 0.15) is 0 Å². The molecule has 0 amide bonds. The predicted octanol–water partition coefficient (Wildman–Crippen LogP) is 3.05. The molecule has 3 nitrogen and oxygen atoms in total. The molecule has 1 aromatic rings. The molecule has 0 aromatic carbocycles. The molecule has 1 aliphatic heterocycles. The molecule has 0 saturated carbocycles. The summed E-state index contributed by atoms with van der Waals surface area (Å²) in [6.07, 6.45) is 3.13. The van der Waals surface area contributed by atoms with Gasteiger partial charge in [-0.15, -0.1) is 0 Å². The van der Waals surface area contributed by atoms with Crippen LogP contribution in [-0.2, 0) is 6.54 Å². The summed E-state index contributed by atoms with van der Waals surface area (Å²) in [5.41, 5.74) is 1.16. The zero-order valence-electron chi connectivity index (χ0n) is 12.1. The van der Waals surface area contributed by atoms with E-state index in [4.69, 9.17) is 0 Å². The number of aromatic nitrogens is 1. The first-order valence-electron chi connectivity index (χ1n) is 7.12. The van der Waals surface area contributed by atoms with Gasteiger partial charge in [0.25, 0.3) is 0 Å². The summed E-state index contributed by atoms with van der Waals surface area (Å²) >= 11 is 3.44. The molecule has 2 unspecified atom stereocenters. The van der Waals surface area contributed by atoms with Crippen LogP contribution in [-0.4, -0.2) is 35.1 Å². The lowest BCUT2D eigenvalue weighted by molar-refractivity contribution is 0.110. The zero-order valence-corrected chi connectivity index (χ0v) is 13.7. The summed E-state index contributed by atoms with van der Waals surface area (Å²) in [6.45, 7) is 10.0. The smallest absolute Gasteiger partial charge is 0.0544 e.